The van der Waals surface area contributed by atoms with Crippen molar-refractivity contribution in [2.24, 2.45) is 0 Å². The normalized spacial score (nSPS) is 20.8. The van der Waals surface area contributed by atoms with Crippen molar-refractivity contribution >= 4 is 90.8 Å². The summed E-state index contributed by atoms with van der Waals surface area (Å²) in [5.74, 6) is -2.01. The molecule has 43 heteroatoms. The van der Waals surface area contributed by atoms with Gasteiger partial charge in [-0.3, -0.25) is 36.9 Å². The molecular weight excluding hydrogens is 1480 g/mol. The van der Waals surface area contributed by atoms with E-state index in [1.54, 1.807) is 32.1 Å². The number of phosphoric acid groups is 2. The summed E-state index contributed by atoms with van der Waals surface area (Å²) in [6.07, 6.45) is 1.13. The van der Waals surface area contributed by atoms with E-state index in [9.17, 15) is 90.3 Å². The van der Waals surface area contributed by atoms with Gasteiger partial charge in [-0.05, 0) is 107 Å². The van der Waals surface area contributed by atoms with E-state index in [1.807, 2.05) is 9.48 Å². The lowest BCUT2D eigenvalue weighted by atomic mass is 9.75. The summed E-state index contributed by atoms with van der Waals surface area (Å²) in [4.78, 5) is 79.5. The van der Waals surface area contributed by atoms with E-state index in [0.717, 1.165) is 4.57 Å². The van der Waals surface area contributed by atoms with Crippen molar-refractivity contribution in [2.75, 3.05) is 121 Å². The minimum Gasteiger partial charge on any atom is -0.744 e. The predicted octanol–water partition coefficient (Wildman–Crippen LogP) is 1.26. The number of aryl methyl sites for hydroxylation is 1. The lowest BCUT2D eigenvalue weighted by Crippen LogP contribution is -2.38. The third-order valence-electron chi connectivity index (χ3n) is 16.9. The number of allylic oxidation sites excluding steroid dienone is 4. The summed E-state index contributed by atoms with van der Waals surface area (Å²) in [7, 11) is -27.5. The van der Waals surface area contributed by atoms with Crippen molar-refractivity contribution in [1.29, 1.82) is 0 Å². The molecule has 1 aromatic heterocycles. The highest BCUT2D eigenvalue weighted by molar-refractivity contribution is 7.86. The van der Waals surface area contributed by atoms with Gasteiger partial charge in [0, 0.05) is 85.9 Å². The molecule has 6 atom stereocenters. The number of carbonyl (C=O) groups is 2. The van der Waals surface area contributed by atoms with Gasteiger partial charge in [-0.15, -0.1) is 0 Å². The first-order valence-electron chi connectivity index (χ1n) is 32.1. The van der Waals surface area contributed by atoms with Gasteiger partial charge >= 0.3 is 21.3 Å². The molecule has 2 aromatic carbocycles. The number of hydrogen-bond donors (Lipinski definition) is 11. The van der Waals surface area contributed by atoms with Crippen LogP contribution >= 0.6 is 15.6 Å². The van der Waals surface area contributed by atoms with Crippen LogP contribution in [0, 0.1) is 0 Å². The molecule has 3 aliphatic rings. The maximum Gasteiger partial charge on any atom is 0.470 e. The first kappa shape index (κ1) is 85.5. The van der Waals surface area contributed by atoms with Crippen LogP contribution < -0.4 is 27.0 Å². The zero-order chi connectivity index (χ0) is 75.5. The molecule has 3 aromatic rings. The van der Waals surface area contributed by atoms with E-state index in [-0.39, 0.29) is 154 Å². The fourth-order valence-corrected chi connectivity index (χ4v) is 15.0. The number of carbonyl (C=O) groups excluding carboxylic acids is 2. The Balaban J connectivity index is 0.909. The molecule has 1 saturated heterocycles. The van der Waals surface area contributed by atoms with Crippen LogP contribution in [0.25, 0.3) is 0 Å². The molecule has 0 radical (unpaired) electrons. The fourth-order valence-electron chi connectivity index (χ4n) is 12.1. The quantitative estimate of drug-likeness (QED) is 0.0164. The van der Waals surface area contributed by atoms with Crippen molar-refractivity contribution in [3.63, 3.8) is 0 Å². The molecule has 0 spiro atoms. The van der Waals surface area contributed by atoms with Crippen LogP contribution in [0.4, 0.5) is 17.2 Å². The van der Waals surface area contributed by atoms with Gasteiger partial charge in [0.25, 0.3) is 30.4 Å². The average molecular weight is 1570 g/mol. The van der Waals surface area contributed by atoms with Gasteiger partial charge in [0.2, 0.25) is 17.5 Å². The zero-order valence-electron chi connectivity index (χ0n) is 56.1. The van der Waals surface area contributed by atoms with Crippen LogP contribution in [0.2, 0.25) is 0 Å². The van der Waals surface area contributed by atoms with Crippen molar-refractivity contribution < 1.29 is 137 Å². The van der Waals surface area contributed by atoms with Crippen molar-refractivity contribution in [3.8, 4) is 0 Å². The van der Waals surface area contributed by atoms with Gasteiger partial charge in [-0.25, -0.2) is 22.3 Å². The summed E-state index contributed by atoms with van der Waals surface area (Å²) in [6, 6.07) is 7.93. The van der Waals surface area contributed by atoms with Crippen LogP contribution in [-0.4, -0.2) is 237 Å². The molecule has 4 heterocycles. The minimum absolute atomic E-state index is 0.0216. The number of ether oxygens (including phenoxy) is 6. The molecule has 3 aliphatic heterocycles. The van der Waals surface area contributed by atoms with Gasteiger partial charge in [0.15, 0.2) is 18.5 Å². The number of nitrogens with one attached hydrogen (secondary N) is 2. The number of fused-ring (bicyclic) bond motifs is 2. The van der Waals surface area contributed by atoms with Crippen LogP contribution in [0.15, 0.2) is 81.1 Å². The Kier molecular flexibility index (Phi) is 31.6. The summed E-state index contributed by atoms with van der Waals surface area (Å²) in [5.41, 5.74) is 5.74. The third kappa shape index (κ3) is 26.0. The van der Waals surface area contributed by atoms with E-state index in [4.69, 9.17) is 43.9 Å². The number of phosphoric ester groups is 2. The number of anilines is 2. The van der Waals surface area contributed by atoms with E-state index >= 15 is 0 Å². The Bertz CT molecular complexity index is 4130. The largest absolute Gasteiger partial charge is 0.744 e. The first-order valence-corrected chi connectivity index (χ1v) is 41.2. The molecule has 0 bridgehead atoms. The number of hydrogen-bond acceptors (Lipinski definition) is 26. The number of nitrogens with zero attached hydrogens (tertiary/aromatic N) is 4. The molecule has 12 N–H and O–H groups in total. The first-order chi connectivity index (χ1) is 47.7. The van der Waals surface area contributed by atoms with E-state index in [0.29, 0.717) is 59.6 Å². The van der Waals surface area contributed by atoms with Gasteiger partial charge in [-0.2, -0.15) is 34.8 Å². The smallest absolute Gasteiger partial charge is 0.470 e. The van der Waals surface area contributed by atoms with Crippen LogP contribution in [0.1, 0.15) is 101 Å². The SMILES string of the molecule is COCC[N+]1=C(/C=C/C=C2/N(CCCCCC(=O)NCCOCCOCCOCCOCCC(=O)NCCCc3cn([C@@H]4O[C@H](COP(=O)(O)O)C(OP(=O)(O)O)[C@@H]4O)c(=O)nc3N)c3ccc(S(=O)(=O)[O-])cc3C2(C)CCCS(=O)(=O)O)C(C)(CCCS(=O)(=O)O)c2cc(S(=O)(=O)O)ccc21. The molecule has 574 valence electrons. The number of amides is 2. The maximum absolute atomic E-state index is 12.9. The maximum atomic E-state index is 12.9. The highest BCUT2D eigenvalue weighted by atomic mass is 32.2. The lowest BCUT2D eigenvalue weighted by molar-refractivity contribution is -0.441. The van der Waals surface area contributed by atoms with Gasteiger partial charge in [0.05, 0.1) is 86.2 Å². The Hall–Kier alpha value is -5.41. The molecular formula is C59H89N7O30P2S4. The standard InChI is InChI=1S/C59H89N7O30P2S4/c1-58(20-9-35-99(77,78)79)44-37-42(101(83,84)85)15-17-46(44)64(49(58)12-7-13-50-59(2,21-10-36-100(80,81)82)45-38-43(102(86,87)88)16-18-47(45)65(50)25-28-89-3)24-6-4-5-14-51(67)62-23-27-91-30-32-93-34-33-92-31-29-90-26-19-52(68)61-22-8-11-41-39-66(57(70)63-55(41)60)56-53(69)54(96-98(74,75)76)48(95-56)40-94-97(71,72)73/h7,12-13,15-18,37-39,48,53-54,56,69H,4-6,8-11,14,19-36,40H2,1-3H3,(H11-,60,61,62,63,67,68,70,71,72,73,74,75,76,77,78,79,80,81,82,83,84,85,86,87,88)/t48-,53+,54?,56-,58?,59?/m1/s1. The number of aromatic nitrogens is 2. The average Bonchev–Trinajstić information content (AvgIpc) is 1.58. The van der Waals surface area contributed by atoms with E-state index in [1.165, 1.54) is 49.7 Å². The number of nitrogen functional groups attached to an aromatic ring is 1. The van der Waals surface area contributed by atoms with Crippen LogP contribution in [-0.2, 0) is 114 Å². The number of unbranched alkanes of at least 4 members (excludes halogenated alkanes) is 2. The van der Waals surface area contributed by atoms with Gasteiger partial charge in [-0.1, -0.05) is 12.5 Å². The molecule has 3 unspecified atom stereocenters. The third-order valence-corrected chi connectivity index (χ3v) is 21.2. The van der Waals surface area contributed by atoms with Crippen LogP contribution in [0.3, 0.4) is 0 Å². The van der Waals surface area contributed by atoms with Crippen molar-refractivity contribution in [1.82, 2.24) is 20.2 Å². The molecule has 37 nitrogen and oxygen atoms in total. The molecule has 2 amide bonds. The number of methoxy groups -OCH3 is 1. The highest BCUT2D eigenvalue weighted by Gasteiger charge is 2.51. The van der Waals surface area contributed by atoms with Crippen molar-refractivity contribution in [3.05, 3.63) is 93.7 Å². The minimum atomic E-state index is -5.29. The lowest BCUT2D eigenvalue weighted by Gasteiger charge is -2.30. The zero-order valence-corrected chi connectivity index (χ0v) is 61.2. The number of nitrogens with two attached hydrogens (primary N) is 1. The highest BCUT2D eigenvalue weighted by Crippen LogP contribution is 2.52. The van der Waals surface area contributed by atoms with E-state index in [2.05, 4.69) is 24.7 Å². The summed E-state index contributed by atoms with van der Waals surface area (Å²) < 4.78 is 207. The second kappa shape index (κ2) is 37.7. The Morgan fingerprint density at radius 2 is 1.33 bits per heavy atom. The van der Waals surface area contributed by atoms with Crippen molar-refractivity contribution in [2.45, 2.75) is 130 Å². The van der Waals surface area contributed by atoms with Gasteiger partial charge in [0.1, 0.15) is 40.9 Å². The fraction of sp³-hybridized carbons (Fsp3) is 0.610. The molecule has 6 rings (SSSR count). The monoisotopic (exact) mass is 1570 g/mol. The summed E-state index contributed by atoms with van der Waals surface area (Å²) in [6.45, 7) is 5.23. The molecule has 1 fully saturated rings. The number of aliphatic hydroxyl groups excluding tert-OH is 1. The molecule has 102 heavy (non-hydrogen) atoms. The molecule has 0 aliphatic carbocycles. The topological polar surface area (TPSA) is 555 Å². The second-order valence-electron chi connectivity index (χ2n) is 24.4. The number of aliphatic hydroxyl groups is 1. The predicted molar refractivity (Wildman–Crippen MR) is 361 cm³/mol. The van der Waals surface area contributed by atoms with E-state index < -0.39 is 125 Å². The summed E-state index contributed by atoms with van der Waals surface area (Å²) >= 11 is 0. The molecule has 0 saturated carbocycles. The van der Waals surface area contributed by atoms with Gasteiger partial charge < -0.3 is 78.9 Å². The number of benzene rings is 2. The summed E-state index contributed by atoms with van der Waals surface area (Å²) in [5, 5.41) is 16.3. The Morgan fingerprint density at radius 1 is 0.745 bits per heavy atom. The van der Waals surface area contributed by atoms with Crippen LogP contribution in [0.5, 0.6) is 0 Å². The Morgan fingerprint density at radius 3 is 1.93 bits per heavy atom. The Labute approximate surface area is 590 Å². The number of rotatable bonds is 46. The second-order valence-corrected chi connectivity index (χ2v) is 32.8.